The predicted octanol–water partition coefficient (Wildman–Crippen LogP) is 1.54. The number of nitrogens with two attached hydrogens (primary N) is 1. The van der Waals surface area contributed by atoms with Crippen LogP contribution in [0, 0.1) is 0 Å². The lowest BCUT2D eigenvalue weighted by Crippen LogP contribution is -2.20. The molecular weight excluding hydrogens is 254 g/mol. The Labute approximate surface area is 118 Å². The van der Waals surface area contributed by atoms with Crippen LogP contribution in [0.15, 0.2) is 36.4 Å². The average molecular weight is 273 g/mol. The predicted molar refractivity (Wildman–Crippen MR) is 79.1 cm³/mol. The summed E-state index contributed by atoms with van der Waals surface area (Å²) in [6, 6.07) is 12.0. The molecule has 0 atom stereocenters. The SMILES string of the molecule is COCc1nc(NN)cc(N(C)Cc2ccccc2)n1. The molecule has 0 aliphatic heterocycles. The maximum atomic E-state index is 5.44. The fraction of sp³-hybridized carbons (Fsp3) is 0.286. The monoisotopic (exact) mass is 273 g/mol. The van der Waals surface area contributed by atoms with E-state index in [1.165, 1.54) is 5.56 Å². The Hall–Kier alpha value is -2.18. The van der Waals surface area contributed by atoms with Gasteiger partial charge in [-0.3, -0.25) is 0 Å². The summed E-state index contributed by atoms with van der Waals surface area (Å²) < 4.78 is 5.07. The minimum Gasteiger partial charge on any atom is -0.377 e. The summed E-state index contributed by atoms with van der Waals surface area (Å²) in [6.45, 7) is 1.11. The second-order valence-corrected chi connectivity index (χ2v) is 4.45. The number of nitrogens with one attached hydrogen (secondary N) is 1. The molecule has 0 aliphatic carbocycles. The first-order valence-corrected chi connectivity index (χ1v) is 6.31. The Balaban J connectivity index is 2.19. The Morgan fingerprint density at radius 2 is 2.00 bits per heavy atom. The van der Waals surface area contributed by atoms with Gasteiger partial charge < -0.3 is 15.1 Å². The molecular formula is C14H19N5O. The zero-order valence-electron chi connectivity index (χ0n) is 11.7. The number of methoxy groups -OCH3 is 1. The van der Waals surface area contributed by atoms with Gasteiger partial charge in [-0.2, -0.15) is 0 Å². The highest BCUT2D eigenvalue weighted by molar-refractivity contribution is 5.48. The number of hydrazine groups is 1. The maximum Gasteiger partial charge on any atom is 0.158 e. The van der Waals surface area contributed by atoms with Crippen LogP contribution in [0.25, 0.3) is 0 Å². The van der Waals surface area contributed by atoms with E-state index in [1.54, 1.807) is 7.11 Å². The first-order chi connectivity index (χ1) is 9.72. The van der Waals surface area contributed by atoms with Crippen LogP contribution >= 0.6 is 0 Å². The summed E-state index contributed by atoms with van der Waals surface area (Å²) in [5, 5.41) is 0. The van der Waals surface area contributed by atoms with Crippen LogP contribution in [0.3, 0.4) is 0 Å². The molecule has 0 saturated carbocycles. The van der Waals surface area contributed by atoms with E-state index in [2.05, 4.69) is 27.5 Å². The first-order valence-electron chi connectivity index (χ1n) is 6.31. The lowest BCUT2D eigenvalue weighted by molar-refractivity contribution is 0.178. The van der Waals surface area contributed by atoms with E-state index in [1.807, 2.05) is 36.2 Å². The zero-order valence-corrected chi connectivity index (χ0v) is 11.7. The molecule has 0 saturated heterocycles. The second kappa shape index (κ2) is 6.83. The van der Waals surface area contributed by atoms with Gasteiger partial charge in [-0.1, -0.05) is 30.3 Å². The number of benzene rings is 1. The molecule has 2 rings (SSSR count). The van der Waals surface area contributed by atoms with Crippen LogP contribution in [0.4, 0.5) is 11.6 Å². The van der Waals surface area contributed by atoms with Crippen LogP contribution in [0.1, 0.15) is 11.4 Å². The van der Waals surface area contributed by atoms with E-state index < -0.39 is 0 Å². The van der Waals surface area contributed by atoms with E-state index in [-0.39, 0.29) is 0 Å². The van der Waals surface area contributed by atoms with Crippen molar-refractivity contribution in [3.63, 3.8) is 0 Å². The molecule has 1 aromatic heterocycles. The zero-order chi connectivity index (χ0) is 14.4. The van der Waals surface area contributed by atoms with Crippen LogP contribution in [0.2, 0.25) is 0 Å². The second-order valence-electron chi connectivity index (χ2n) is 4.45. The van der Waals surface area contributed by atoms with Crippen LogP contribution in [0.5, 0.6) is 0 Å². The van der Waals surface area contributed by atoms with Gasteiger partial charge in [0.05, 0.1) is 0 Å². The minimum atomic E-state index is 0.349. The molecule has 0 unspecified atom stereocenters. The minimum absolute atomic E-state index is 0.349. The quantitative estimate of drug-likeness (QED) is 0.614. The molecule has 0 spiro atoms. The van der Waals surface area contributed by atoms with Crippen molar-refractivity contribution in [2.75, 3.05) is 24.5 Å². The molecule has 0 radical (unpaired) electrons. The summed E-state index contributed by atoms with van der Waals surface area (Å²) in [5.41, 5.74) is 3.76. The van der Waals surface area contributed by atoms with Crippen molar-refractivity contribution < 1.29 is 4.74 Å². The van der Waals surface area contributed by atoms with E-state index in [9.17, 15) is 0 Å². The molecule has 1 aromatic carbocycles. The van der Waals surface area contributed by atoms with Gasteiger partial charge in [0.2, 0.25) is 0 Å². The van der Waals surface area contributed by atoms with Crippen LogP contribution < -0.4 is 16.2 Å². The lowest BCUT2D eigenvalue weighted by Gasteiger charge is -2.19. The third-order valence-electron chi connectivity index (χ3n) is 2.83. The van der Waals surface area contributed by atoms with E-state index >= 15 is 0 Å². The maximum absolute atomic E-state index is 5.44. The van der Waals surface area contributed by atoms with Gasteiger partial charge >= 0.3 is 0 Å². The topological polar surface area (TPSA) is 76.3 Å². The highest BCUT2D eigenvalue weighted by Crippen LogP contribution is 2.16. The third kappa shape index (κ3) is 3.66. The summed E-state index contributed by atoms with van der Waals surface area (Å²) in [4.78, 5) is 10.7. The number of aromatic nitrogens is 2. The van der Waals surface area contributed by atoms with Gasteiger partial charge in [-0.25, -0.2) is 15.8 Å². The fourth-order valence-electron chi connectivity index (χ4n) is 1.88. The smallest absolute Gasteiger partial charge is 0.158 e. The molecule has 0 aliphatic rings. The van der Waals surface area contributed by atoms with Crippen molar-refractivity contribution in [2.45, 2.75) is 13.2 Å². The number of nitrogens with zero attached hydrogens (tertiary/aromatic N) is 3. The van der Waals surface area contributed by atoms with E-state index in [0.717, 1.165) is 12.4 Å². The lowest BCUT2D eigenvalue weighted by atomic mass is 10.2. The van der Waals surface area contributed by atoms with Crippen molar-refractivity contribution >= 4 is 11.6 Å². The highest BCUT2D eigenvalue weighted by atomic mass is 16.5. The Morgan fingerprint density at radius 3 is 2.65 bits per heavy atom. The third-order valence-corrected chi connectivity index (χ3v) is 2.83. The summed E-state index contributed by atoms with van der Waals surface area (Å²) in [7, 11) is 3.59. The number of hydrogen-bond acceptors (Lipinski definition) is 6. The van der Waals surface area contributed by atoms with Crippen molar-refractivity contribution in [2.24, 2.45) is 5.84 Å². The van der Waals surface area contributed by atoms with E-state index in [4.69, 9.17) is 10.6 Å². The number of nitrogen functional groups attached to an aromatic ring is 1. The molecule has 20 heavy (non-hydrogen) atoms. The number of ether oxygens (including phenoxy) is 1. The van der Waals surface area contributed by atoms with Gasteiger partial charge in [0.25, 0.3) is 0 Å². The Kier molecular flexibility index (Phi) is 4.86. The Morgan fingerprint density at radius 1 is 1.25 bits per heavy atom. The molecule has 6 heteroatoms. The fourth-order valence-corrected chi connectivity index (χ4v) is 1.88. The van der Waals surface area contributed by atoms with Gasteiger partial charge in [0.15, 0.2) is 5.82 Å². The summed E-state index contributed by atoms with van der Waals surface area (Å²) in [6.07, 6.45) is 0. The largest absolute Gasteiger partial charge is 0.377 e. The average Bonchev–Trinajstić information content (AvgIpc) is 2.48. The molecule has 0 bridgehead atoms. The standard InChI is InChI=1S/C14H19N5O/c1-19(9-11-6-4-3-5-7-11)14-8-12(18-15)16-13(17-14)10-20-2/h3-8H,9-10,15H2,1-2H3,(H,16,17,18). The molecule has 6 nitrogen and oxygen atoms in total. The van der Waals surface area contributed by atoms with Gasteiger partial charge in [0.1, 0.15) is 18.2 Å². The number of anilines is 2. The van der Waals surface area contributed by atoms with Crippen molar-refractivity contribution in [1.82, 2.24) is 9.97 Å². The molecule has 2 aromatic rings. The highest BCUT2D eigenvalue weighted by Gasteiger charge is 2.08. The molecule has 0 fully saturated rings. The van der Waals surface area contributed by atoms with Gasteiger partial charge in [-0.05, 0) is 5.56 Å². The van der Waals surface area contributed by atoms with Crippen molar-refractivity contribution in [3.8, 4) is 0 Å². The molecule has 3 N–H and O–H groups in total. The van der Waals surface area contributed by atoms with Crippen LogP contribution in [-0.4, -0.2) is 24.1 Å². The molecule has 1 heterocycles. The number of rotatable bonds is 6. The summed E-state index contributed by atoms with van der Waals surface area (Å²) >= 11 is 0. The van der Waals surface area contributed by atoms with Crippen LogP contribution in [-0.2, 0) is 17.9 Å². The van der Waals surface area contributed by atoms with Crippen molar-refractivity contribution in [1.29, 1.82) is 0 Å². The van der Waals surface area contributed by atoms with Gasteiger partial charge in [0, 0.05) is 26.8 Å². The van der Waals surface area contributed by atoms with E-state index in [0.29, 0.717) is 18.2 Å². The first kappa shape index (κ1) is 14.2. The van der Waals surface area contributed by atoms with Gasteiger partial charge in [-0.15, -0.1) is 0 Å². The Bertz CT molecular complexity index is 547. The molecule has 106 valence electrons. The normalized spacial score (nSPS) is 10.3. The van der Waals surface area contributed by atoms with Crippen molar-refractivity contribution in [3.05, 3.63) is 47.8 Å². The molecule has 0 amide bonds. The number of hydrogen-bond donors (Lipinski definition) is 2. The summed E-state index contributed by atoms with van der Waals surface area (Å²) in [5.74, 6) is 7.40.